The van der Waals surface area contributed by atoms with Crippen molar-refractivity contribution in [2.75, 3.05) is 7.11 Å². The van der Waals surface area contributed by atoms with Gasteiger partial charge in [0.05, 0.1) is 21.8 Å². The van der Waals surface area contributed by atoms with Crippen LogP contribution < -0.4 is 14.9 Å². The van der Waals surface area contributed by atoms with E-state index in [1.54, 1.807) is 13.2 Å². The second kappa shape index (κ2) is 10.9. The van der Waals surface area contributed by atoms with Gasteiger partial charge in [-0.3, -0.25) is 14.9 Å². The summed E-state index contributed by atoms with van der Waals surface area (Å²) in [5, 5.41) is 17.7. The standard InChI is InChI=1S/C28H20IN3O6/c1-36-25-12-17(11-23(29)27(25)37-16-19-7-4-6-18-5-2-3-8-22(18)19)15-30-31-28(33)26-14-20-13-21(32(34)35)9-10-24(20)38-26/h2-15H,16H2,1H3,(H,31,33)/b30-15-. The zero-order valence-corrected chi connectivity index (χ0v) is 22.2. The molecule has 38 heavy (non-hydrogen) atoms. The van der Waals surface area contributed by atoms with Gasteiger partial charge in [0.15, 0.2) is 17.3 Å². The molecular formula is C28H20IN3O6. The Morgan fingerprint density at radius 2 is 1.89 bits per heavy atom. The van der Waals surface area contributed by atoms with E-state index in [1.807, 2.05) is 30.3 Å². The van der Waals surface area contributed by atoms with Crippen molar-refractivity contribution in [3.8, 4) is 11.5 Å². The molecule has 0 saturated carbocycles. The third-order valence-corrected chi connectivity index (χ3v) is 6.62. The van der Waals surface area contributed by atoms with E-state index in [-0.39, 0.29) is 11.4 Å². The van der Waals surface area contributed by atoms with Crippen LogP contribution in [-0.2, 0) is 6.61 Å². The van der Waals surface area contributed by atoms with Crippen molar-refractivity contribution >= 4 is 62.1 Å². The number of rotatable bonds is 8. The number of methoxy groups -OCH3 is 1. The molecule has 0 aliphatic heterocycles. The fourth-order valence-electron chi connectivity index (χ4n) is 4.00. The molecule has 0 unspecified atom stereocenters. The number of benzene rings is 4. The van der Waals surface area contributed by atoms with Crippen LogP contribution in [0.15, 0.2) is 88.4 Å². The van der Waals surface area contributed by atoms with Crippen molar-refractivity contribution in [1.29, 1.82) is 0 Å². The summed E-state index contributed by atoms with van der Waals surface area (Å²) in [5.41, 5.74) is 4.44. The lowest BCUT2D eigenvalue weighted by Crippen LogP contribution is -2.16. The molecule has 5 rings (SSSR count). The van der Waals surface area contributed by atoms with E-state index < -0.39 is 10.8 Å². The fourth-order valence-corrected chi connectivity index (χ4v) is 4.78. The van der Waals surface area contributed by atoms with Crippen molar-refractivity contribution < 1.29 is 23.6 Å². The number of nitrogens with one attached hydrogen (secondary N) is 1. The van der Waals surface area contributed by atoms with Gasteiger partial charge in [0.25, 0.3) is 5.69 Å². The maximum atomic E-state index is 12.5. The van der Waals surface area contributed by atoms with Crippen molar-refractivity contribution in [3.63, 3.8) is 0 Å². The summed E-state index contributed by atoms with van der Waals surface area (Å²) >= 11 is 2.17. The summed E-state index contributed by atoms with van der Waals surface area (Å²) in [5.74, 6) is 0.543. The molecule has 10 heteroatoms. The molecule has 0 radical (unpaired) electrons. The highest BCUT2D eigenvalue weighted by atomic mass is 127. The van der Waals surface area contributed by atoms with Gasteiger partial charge in [-0.1, -0.05) is 42.5 Å². The fraction of sp³-hybridized carbons (Fsp3) is 0.0714. The van der Waals surface area contributed by atoms with E-state index in [2.05, 4.69) is 51.3 Å². The van der Waals surface area contributed by atoms with Crippen molar-refractivity contribution in [2.45, 2.75) is 6.61 Å². The molecule has 0 fully saturated rings. The second-order valence-electron chi connectivity index (χ2n) is 8.25. The lowest BCUT2D eigenvalue weighted by molar-refractivity contribution is -0.384. The van der Waals surface area contributed by atoms with Gasteiger partial charge in [0.2, 0.25) is 0 Å². The van der Waals surface area contributed by atoms with E-state index in [4.69, 9.17) is 13.9 Å². The van der Waals surface area contributed by atoms with Gasteiger partial charge in [0.1, 0.15) is 12.2 Å². The van der Waals surface area contributed by atoms with Gasteiger partial charge in [0, 0.05) is 17.5 Å². The summed E-state index contributed by atoms with van der Waals surface area (Å²) < 4.78 is 18.0. The summed E-state index contributed by atoms with van der Waals surface area (Å²) in [6.07, 6.45) is 1.48. The molecule has 190 valence electrons. The van der Waals surface area contributed by atoms with Gasteiger partial charge >= 0.3 is 5.91 Å². The number of carbonyl (C=O) groups excluding carboxylic acids is 1. The number of halogens is 1. The predicted octanol–water partition coefficient (Wildman–Crippen LogP) is 6.45. The van der Waals surface area contributed by atoms with Crippen molar-refractivity contribution in [1.82, 2.24) is 5.43 Å². The Kier molecular flexibility index (Phi) is 7.22. The zero-order chi connectivity index (χ0) is 26.6. The molecular weight excluding hydrogens is 601 g/mol. The first-order valence-electron chi connectivity index (χ1n) is 11.4. The van der Waals surface area contributed by atoms with Crippen LogP contribution in [0, 0.1) is 13.7 Å². The molecule has 1 N–H and O–H groups in total. The van der Waals surface area contributed by atoms with Crippen LogP contribution in [0.3, 0.4) is 0 Å². The minimum atomic E-state index is -0.586. The van der Waals surface area contributed by atoms with Crippen molar-refractivity contribution in [2.24, 2.45) is 5.10 Å². The number of non-ortho nitro benzene ring substituents is 1. The Labute approximate surface area is 230 Å². The molecule has 0 saturated heterocycles. The van der Waals surface area contributed by atoms with E-state index >= 15 is 0 Å². The van der Waals surface area contributed by atoms with E-state index in [1.165, 1.54) is 30.5 Å². The van der Waals surface area contributed by atoms with Crippen LogP contribution in [0.5, 0.6) is 11.5 Å². The number of nitro groups is 1. The number of fused-ring (bicyclic) bond motifs is 2. The highest BCUT2D eigenvalue weighted by Gasteiger charge is 2.15. The first-order chi connectivity index (χ1) is 18.4. The minimum Gasteiger partial charge on any atom is -0.493 e. The van der Waals surface area contributed by atoms with E-state index in [9.17, 15) is 14.9 Å². The quantitative estimate of drug-likeness (QED) is 0.0922. The lowest BCUT2D eigenvalue weighted by atomic mass is 10.1. The predicted molar refractivity (Wildman–Crippen MR) is 152 cm³/mol. The Morgan fingerprint density at radius 3 is 2.71 bits per heavy atom. The summed E-state index contributed by atoms with van der Waals surface area (Å²) in [6.45, 7) is 0.373. The summed E-state index contributed by atoms with van der Waals surface area (Å²) in [4.78, 5) is 22.9. The Hall–Kier alpha value is -4.45. The smallest absolute Gasteiger partial charge is 0.307 e. The molecule has 0 aliphatic carbocycles. The monoisotopic (exact) mass is 621 g/mol. The molecule has 5 aromatic rings. The van der Waals surface area contributed by atoms with Crippen LogP contribution in [0.4, 0.5) is 5.69 Å². The largest absolute Gasteiger partial charge is 0.493 e. The minimum absolute atomic E-state index is 0.0120. The first-order valence-corrected chi connectivity index (χ1v) is 12.5. The van der Waals surface area contributed by atoms with Gasteiger partial charge in [-0.25, -0.2) is 5.43 Å². The molecule has 1 amide bonds. The van der Waals surface area contributed by atoms with Gasteiger partial charge < -0.3 is 13.9 Å². The Balaban J connectivity index is 1.29. The molecule has 0 bridgehead atoms. The van der Waals surface area contributed by atoms with Crippen molar-refractivity contribution in [3.05, 3.63) is 109 Å². The maximum Gasteiger partial charge on any atom is 0.307 e. The number of amides is 1. The first kappa shape index (κ1) is 25.2. The number of carbonyl (C=O) groups is 1. The number of hydrogen-bond acceptors (Lipinski definition) is 7. The average molecular weight is 621 g/mol. The van der Waals surface area contributed by atoms with Crippen LogP contribution in [0.1, 0.15) is 21.7 Å². The third kappa shape index (κ3) is 5.30. The third-order valence-electron chi connectivity index (χ3n) is 5.82. The highest BCUT2D eigenvalue weighted by molar-refractivity contribution is 14.1. The van der Waals surface area contributed by atoms with Gasteiger partial charge in [-0.2, -0.15) is 5.10 Å². The molecule has 4 aromatic carbocycles. The van der Waals surface area contributed by atoms with Crippen LogP contribution in [-0.4, -0.2) is 24.2 Å². The zero-order valence-electron chi connectivity index (χ0n) is 20.0. The summed E-state index contributed by atoms with van der Waals surface area (Å²) in [7, 11) is 1.56. The molecule has 1 heterocycles. The number of nitro benzene ring substituents is 1. The Bertz CT molecular complexity index is 1710. The van der Waals surface area contributed by atoms with Gasteiger partial charge in [-0.05, 0) is 68.8 Å². The maximum absolute atomic E-state index is 12.5. The topological polar surface area (TPSA) is 116 Å². The molecule has 0 atom stereocenters. The number of hydrazone groups is 1. The number of ether oxygens (including phenoxy) is 2. The lowest BCUT2D eigenvalue weighted by Gasteiger charge is -2.14. The second-order valence-corrected chi connectivity index (χ2v) is 9.41. The number of nitrogens with zero attached hydrogens (tertiary/aromatic N) is 2. The molecule has 9 nitrogen and oxygen atoms in total. The van der Waals surface area contributed by atoms with Crippen LogP contribution in [0.2, 0.25) is 0 Å². The average Bonchev–Trinajstić information content (AvgIpc) is 3.36. The molecule has 0 spiro atoms. The van der Waals surface area contributed by atoms with Crippen LogP contribution in [0.25, 0.3) is 21.7 Å². The SMILES string of the molecule is COc1cc(/C=N\NC(=O)c2cc3cc([N+](=O)[O-])ccc3o2)cc(I)c1OCc1cccc2ccccc12. The van der Waals surface area contributed by atoms with E-state index in [0.717, 1.165) is 19.9 Å². The number of furan rings is 1. The number of hydrogen-bond donors (Lipinski definition) is 1. The normalized spacial score (nSPS) is 11.2. The highest BCUT2D eigenvalue weighted by Crippen LogP contribution is 2.34. The van der Waals surface area contributed by atoms with E-state index in [0.29, 0.717) is 34.6 Å². The summed E-state index contributed by atoms with van der Waals surface area (Å²) in [6, 6.07) is 23.4. The molecule has 0 aliphatic rings. The van der Waals surface area contributed by atoms with Crippen LogP contribution >= 0.6 is 22.6 Å². The molecule has 1 aromatic heterocycles. The Morgan fingerprint density at radius 1 is 1.08 bits per heavy atom. The van der Waals surface area contributed by atoms with Gasteiger partial charge in [-0.15, -0.1) is 0 Å².